The first-order chi connectivity index (χ1) is 6.51. The van der Waals surface area contributed by atoms with Gasteiger partial charge in [-0.1, -0.05) is 0 Å². The van der Waals surface area contributed by atoms with Crippen molar-refractivity contribution in [3.63, 3.8) is 0 Å². The van der Waals surface area contributed by atoms with Crippen LogP contribution in [-0.2, 0) is 5.54 Å². The largest absolute Gasteiger partial charge is 0.508 e. The van der Waals surface area contributed by atoms with Crippen LogP contribution in [-0.4, -0.2) is 23.9 Å². The van der Waals surface area contributed by atoms with Crippen molar-refractivity contribution in [2.45, 2.75) is 12.5 Å². The number of hydrogen-bond donors (Lipinski definition) is 3. The van der Waals surface area contributed by atoms with Crippen molar-refractivity contribution in [2.75, 3.05) is 13.7 Å². The fourth-order valence-corrected chi connectivity index (χ4v) is 1.23. The molecule has 0 heterocycles. The van der Waals surface area contributed by atoms with Crippen LogP contribution < -0.4 is 10.5 Å². The Hall–Kier alpha value is -1.26. The second-order valence-corrected chi connectivity index (χ2v) is 3.46. The molecule has 0 aliphatic carbocycles. The number of aromatic hydroxyl groups is 1. The molecular formula is C10H15NO3. The van der Waals surface area contributed by atoms with Gasteiger partial charge in [0.1, 0.15) is 11.5 Å². The standard InChI is InChI=1S/C10H15NO3/c1-10(11,6-12)8-5-7(13)3-4-9(8)14-2/h3-5,12-13H,6,11H2,1-2H3/t10-/m1/s1. The van der Waals surface area contributed by atoms with E-state index in [9.17, 15) is 5.11 Å². The van der Waals surface area contributed by atoms with Crippen LogP contribution in [0.3, 0.4) is 0 Å². The molecule has 1 atom stereocenters. The highest BCUT2D eigenvalue weighted by Crippen LogP contribution is 2.30. The van der Waals surface area contributed by atoms with Crippen molar-refractivity contribution in [3.05, 3.63) is 23.8 Å². The Morgan fingerprint density at radius 1 is 1.50 bits per heavy atom. The van der Waals surface area contributed by atoms with Crippen LogP contribution in [0.25, 0.3) is 0 Å². The minimum Gasteiger partial charge on any atom is -0.508 e. The van der Waals surface area contributed by atoms with Gasteiger partial charge in [0.25, 0.3) is 0 Å². The highest BCUT2D eigenvalue weighted by atomic mass is 16.5. The van der Waals surface area contributed by atoms with Gasteiger partial charge in [0, 0.05) is 5.56 Å². The number of rotatable bonds is 3. The van der Waals surface area contributed by atoms with E-state index >= 15 is 0 Å². The summed E-state index contributed by atoms with van der Waals surface area (Å²) in [5, 5.41) is 18.4. The summed E-state index contributed by atoms with van der Waals surface area (Å²) in [4.78, 5) is 0. The van der Waals surface area contributed by atoms with E-state index in [0.29, 0.717) is 11.3 Å². The lowest BCUT2D eigenvalue weighted by Crippen LogP contribution is -2.37. The van der Waals surface area contributed by atoms with Crippen molar-refractivity contribution in [1.82, 2.24) is 0 Å². The van der Waals surface area contributed by atoms with Crippen LogP contribution >= 0.6 is 0 Å². The lowest BCUT2D eigenvalue weighted by atomic mass is 9.93. The average molecular weight is 197 g/mol. The molecular weight excluding hydrogens is 182 g/mol. The van der Waals surface area contributed by atoms with E-state index in [1.165, 1.54) is 19.2 Å². The summed E-state index contributed by atoms with van der Waals surface area (Å²) in [6.45, 7) is 1.46. The lowest BCUT2D eigenvalue weighted by molar-refractivity contribution is 0.206. The molecule has 4 N–H and O–H groups in total. The molecule has 1 aromatic rings. The van der Waals surface area contributed by atoms with Gasteiger partial charge in [-0.25, -0.2) is 0 Å². The molecule has 78 valence electrons. The van der Waals surface area contributed by atoms with Gasteiger partial charge in [-0.3, -0.25) is 0 Å². The molecule has 0 aliphatic heterocycles. The van der Waals surface area contributed by atoms with Crippen LogP contribution in [0.2, 0.25) is 0 Å². The predicted molar refractivity (Wildman–Crippen MR) is 53.3 cm³/mol. The average Bonchev–Trinajstić information content (AvgIpc) is 2.18. The van der Waals surface area contributed by atoms with Gasteiger partial charge in [-0.15, -0.1) is 0 Å². The van der Waals surface area contributed by atoms with Crippen molar-refractivity contribution in [1.29, 1.82) is 0 Å². The minimum absolute atomic E-state index is 0.103. The summed E-state index contributed by atoms with van der Waals surface area (Å²) in [7, 11) is 1.52. The molecule has 0 saturated carbocycles. The molecule has 0 spiro atoms. The van der Waals surface area contributed by atoms with Gasteiger partial charge >= 0.3 is 0 Å². The topological polar surface area (TPSA) is 75.7 Å². The van der Waals surface area contributed by atoms with E-state index in [1.807, 2.05) is 0 Å². The van der Waals surface area contributed by atoms with Gasteiger partial charge in [-0.2, -0.15) is 0 Å². The summed E-state index contributed by atoms with van der Waals surface area (Å²) in [5.74, 6) is 0.660. The number of hydrogen-bond acceptors (Lipinski definition) is 4. The minimum atomic E-state index is -0.913. The van der Waals surface area contributed by atoms with Gasteiger partial charge in [-0.05, 0) is 25.1 Å². The summed E-state index contributed by atoms with van der Waals surface area (Å²) in [6.07, 6.45) is 0. The van der Waals surface area contributed by atoms with Gasteiger partial charge in [0.05, 0.1) is 19.3 Å². The van der Waals surface area contributed by atoms with E-state index in [2.05, 4.69) is 0 Å². The molecule has 0 fully saturated rings. The van der Waals surface area contributed by atoms with E-state index in [4.69, 9.17) is 15.6 Å². The zero-order valence-electron chi connectivity index (χ0n) is 8.32. The Bertz CT molecular complexity index is 323. The number of nitrogens with two attached hydrogens (primary N) is 1. The number of phenols is 1. The first-order valence-corrected chi connectivity index (χ1v) is 4.28. The summed E-state index contributed by atoms with van der Waals surface area (Å²) < 4.78 is 5.09. The van der Waals surface area contributed by atoms with Crippen LogP contribution in [0, 0.1) is 0 Å². The van der Waals surface area contributed by atoms with E-state index < -0.39 is 5.54 Å². The van der Waals surface area contributed by atoms with Crippen LogP contribution in [0.5, 0.6) is 11.5 Å². The molecule has 0 bridgehead atoms. The van der Waals surface area contributed by atoms with Crippen molar-refractivity contribution >= 4 is 0 Å². The monoisotopic (exact) mass is 197 g/mol. The fraction of sp³-hybridized carbons (Fsp3) is 0.400. The molecule has 1 aromatic carbocycles. The molecule has 0 amide bonds. The van der Waals surface area contributed by atoms with Crippen molar-refractivity contribution in [2.24, 2.45) is 5.73 Å². The quantitative estimate of drug-likeness (QED) is 0.662. The second-order valence-electron chi connectivity index (χ2n) is 3.46. The third kappa shape index (κ3) is 1.97. The van der Waals surface area contributed by atoms with Crippen LogP contribution in [0.1, 0.15) is 12.5 Å². The fourth-order valence-electron chi connectivity index (χ4n) is 1.23. The molecule has 0 aliphatic rings. The Kier molecular flexibility index (Phi) is 2.98. The van der Waals surface area contributed by atoms with E-state index in [-0.39, 0.29) is 12.4 Å². The molecule has 0 unspecified atom stereocenters. The Balaban J connectivity index is 3.23. The zero-order chi connectivity index (χ0) is 10.8. The molecule has 0 saturated heterocycles. The van der Waals surface area contributed by atoms with Crippen molar-refractivity contribution in [3.8, 4) is 11.5 Å². The lowest BCUT2D eigenvalue weighted by Gasteiger charge is -2.24. The molecule has 1 rings (SSSR count). The van der Waals surface area contributed by atoms with Gasteiger partial charge in [0.15, 0.2) is 0 Å². The Morgan fingerprint density at radius 3 is 2.64 bits per heavy atom. The van der Waals surface area contributed by atoms with Gasteiger partial charge in [0.2, 0.25) is 0 Å². The number of benzene rings is 1. The first kappa shape index (κ1) is 10.8. The van der Waals surface area contributed by atoms with E-state index in [0.717, 1.165) is 0 Å². The van der Waals surface area contributed by atoms with Crippen molar-refractivity contribution < 1.29 is 14.9 Å². The van der Waals surface area contributed by atoms with E-state index in [1.54, 1.807) is 13.0 Å². The van der Waals surface area contributed by atoms with Crippen LogP contribution in [0.15, 0.2) is 18.2 Å². The zero-order valence-corrected chi connectivity index (χ0v) is 8.32. The smallest absolute Gasteiger partial charge is 0.124 e. The maximum atomic E-state index is 9.30. The number of aliphatic hydroxyl groups is 1. The number of aliphatic hydroxyl groups excluding tert-OH is 1. The molecule has 14 heavy (non-hydrogen) atoms. The van der Waals surface area contributed by atoms with Crippen LogP contribution in [0.4, 0.5) is 0 Å². The highest BCUT2D eigenvalue weighted by Gasteiger charge is 2.24. The summed E-state index contributed by atoms with van der Waals surface area (Å²) >= 11 is 0. The first-order valence-electron chi connectivity index (χ1n) is 4.28. The molecule has 4 nitrogen and oxygen atoms in total. The maximum absolute atomic E-state index is 9.30. The molecule has 4 heteroatoms. The third-order valence-electron chi connectivity index (χ3n) is 2.13. The SMILES string of the molecule is COc1ccc(O)cc1[C@](C)(N)CO. The molecule has 0 aromatic heterocycles. The highest BCUT2D eigenvalue weighted by molar-refractivity contribution is 5.43. The predicted octanol–water partition coefficient (Wildman–Crippen LogP) is 0.567. The number of methoxy groups -OCH3 is 1. The summed E-state index contributed by atoms with van der Waals surface area (Å²) in [5.41, 5.74) is 5.51. The normalized spacial score (nSPS) is 14.9. The third-order valence-corrected chi connectivity index (χ3v) is 2.13. The Morgan fingerprint density at radius 2 is 2.14 bits per heavy atom. The number of phenolic OH excluding ortho intramolecular Hbond substituents is 1. The molecule has 0 radical (unpaired) electrons. The number of ether oxygens (including phenoxy) is 1. The Labute approximate surface area is 82.9 Å². The maximum Gasteiger partial charge on any atom is 0.124 e. The van der Waals surface area contributed by atoms with Gasteiger partial charge < -0.3 is 20.7 Å². The summed E-state index contributed by atoms with van der Waals surface area (Å²) in [6, 6.07) is 4.62. The second kappa shape index (κ2) is 3.86.